The van der Waals surface area contributed by atoms with E-state index in [0.29, 0.717) is 35.8 Å². The van der Waals surface area contributed by atoms with Crippen LogP contribution in [0.1, 0.15) is 31.8 Å². The lowest BCUT2D eigenvalue weighted by Crippen LogP contribution is -2.14. The first-order chi connectivity index (χ1) is 11.9. The lowest BCUT2D eigenvalue weighted by molar-refractivity contribution is 0.0695. The molecule has 0 unspecified atom stereocenters. The molecule has 0 heterocycles. The molecule has 2 aromatic rings. The second kappa shape index (κ2) is 8.30. The molecular formula is C19H21NO5. The number of aromatic carboxylic acids is 1. The Balaban J connectivity index is 2.18. The van der Waals surface area contributed by atoms with Gasteiger partial charge in [0.05, 0.1) is 12.2 Å². The number of aryl methyl sites for hydroxylation is 2. The number of hydrogen-bond donors (Lipinski definition) is 2. The Kier molecular flexibility index (Phi) is 6.14. The molecule has 2 N–H and O–H groups in total. The Morgan fingerprint density at radius 3 is 2.52 bits per heavy atom. The highest BCUT2D eigenvalue weighted by molar-refractivity contribution is 6.05. The van der Waals surface area contributed by atoms with Gasteiger partial charge in [0, 0.05) is 18.4 Å². The minimum absolute atomic E-state index is 0.164. The van der Waals surface area contributed by atoms with E-state index >= 15 is 0 Å². The monoisotopic (exact) mass is 343 g/mol. The van der Waals surface area contributed by atoms with Crippen LogP contribution >= 0.6 is 0 Å². The number of benzene rings is 2. The number of carbonyl (C=O) groups is 2. The van der Waals surface area contributed by atoms with Crippen LogP contribution in [0.25, 0.3) is 0 Å². The summed E-state index contributed by atoms with van der Waals surface area (Å²) in [6.45, 7) is 4.39. The number of anilines is 1. The molecule has 0 aliphatic carbocycles. The summed E-state index contributed by atoms with van der Waals surface area (Å²) >= 11 is 0. The molecule has 0 saturated carbocycles. The van der Waals surface area contributed by atoms with Gasteiger partial charge in [-0.1, -0.05) is 12.1 Å². The first kappa shape index (κ1) is 18.5. The van der Waals surface area contributed by atoms with Gasteiger partial charge < -0.3 is 19.9 Å². The fourth-order valence-electron chi connectivity index (χ4n) is 2.38. The first-order valence-electron chi connectivity index (χ1n) is 7.80. The van der Waals surface area contributed by atoms with Crippen molar-refractivity contribution in [1.29, 1.82) is 0 Å². The number of nitrogens with one attached hydrogen (secondary N) is 1. The van der Waals surface area contributed by atoms with Gasteiger partial charge in [0.15, 0.2) is 0 Å². The molecule has 132 valence electrons. The molecule has 0 fully saturated rings. The topological polar surface area (TPSA) is 84.9 Å². The summed E-state index contributed by atoms with van der Waals surface area (Å²) in [5.41, 5.74) is 2.50. The molecule has 0 radical (unpaired) electrons. The summed E-state index contributed by atoms with van der Waals surface area (Å²) in [4.78, 5) is 23.7. The van der Waals surface area contributed by atoms with Crippen molar-refractivity contribution in [2.24, 2.45) is 0 Å². The summed E-state index contributed by atoms with van der Waals surface area (Å²) in [6.07, 6.45) is 0. The maximum atomic E-state index is 12.5. The summed E-state index contributed by atoms with van der Waals surface area (Å²) in [7, 11) is 1.59. The first-order valence-corrected chi connectivity index (χ1v) is 7.80. The molecule has 0 aromatic heterocycles. The third kappa shape index (κ3) is 4.81. The Morgan fingerprint density at radius 1 is 1.08 bits per heavy atom. The summed E-state index contributed by atoms with van der Waals surface area (Å²) in [6, 6.07) is 9.99. The smallest absolute Gasteiger partial charge is 0.336 e. The third-order valence-electron chi connectivity index (χ3n) is 3.70. The van der Waals surface area contributed by atoms with Gasteiger partial charge in [-0.2, -0.15) is 0 Å². The average Bonchev–Trinajstić information content (AvgIpc) is 2.57. The Morgan fingerprint density at radius 2 is 1.84 bits per heavy atom. The van der Waals surface area contributed by atoms with Crippen LogP contribution in [-0.2, 0) is 4.74 Å². The van der Waals surface area contributed by atoms with Crippen LogP contribution < -0.4 is 10.1 Å². The average molecular weight is 343 g/mol. The Hall–Kier alpha value is -2.86. The van der Waals surface area contributed by atoms with Crippen LogP contribution in [0.5, 0.6) is 5.75 Å². The lowest BCUT2D eigenvalue weighted by Gasteiger charge is -2.12. The Bertz CT molecular complexity index is 785. The summed E-state index contributed by atoms with van der Waals surface area (Å²) in [5.74, 6) is -0.793. The van der Waals surface area contributed by atoms with Crippen LogP contribution in [0.2, 0.25) is 0 Å². The second-order valence-corrected chi connectivity index (χ2v) is 5.61. The van der Waals surface area contributed by atoms with Crippen LogP contribution in [0.15, 0.2) is 36.4 Å². The van der Waals surface area contributed by atoms with Gasteiger partial charge in [-0.15, -0.1) is 0 Å². The van der Waals surface area contributed by atoms with E-state index in [0.717, 1.165) is 5.56 Å². The lowest BCUT2D eigenvalue weighted by atomic mass is 10.0. The van der Waals surface area contributed by atoms with E-state index in [9.17, 15) is 14.7 Å². The van der Waals surface area contributed by atoms with E-state index in [4.69, 9.17) is 9.47 Å². The molecule has 2 rings (SSSR count). The van der Waals surface area contributed by atoms with Crippen LogP contribution in [-0.4, -0.2) is 37.3 Å². The van der Waals surface area contributed by atoms with Gasteiger partial charge in [-0.05, 0) is 49.2 Å². The van der Waals surface area contributed by atoms with Crippen LogP contribution in [0.4, 0.5) is 5.69 Å². The van der Waals surface area contributed by atoms with E-state index in [1.54, 1.807) is 44.4 Å². The van der Waals surface area contributed by atoms with Crippen molar-refractivity contribution < 1.29 is 24.2 Å². The number of carboxylic acid groups (broad SMARTS) is 1. The highest BCUT2D eigenvalue weighted by atomic mass is 16.5. The predicted octanol–water partition coefficient (Wildman–Crippen LogP) is 3.28. The van der Waals surface area contributed by atoms with E-state index in [-0.39, 0.29) is 11.5 Å². The van der Waals surface area contributed by atoms with Crippen molar-refractivity contribution in [2.75, 3.05) is 25.6 Å². The van der Waals surface area contributed by atoms with Crippen LogP contribution in [0, 0.1) is 13.8 Å². The zero-order valence-electron chi connectivity index (χ0n) is 14.5. The molecule has 0 saturated heterocycles. The number of carboxylic acids is 1. The fourth-order valence-corrected chi connectivity index (χ4v) is 2.38. The number of hydrogen-bond acceptors (Lipinski definition) is 4. The fraction of sp³-hybridized carbons (Fsp3) is 0.263. The minimum Gasteiger partial charge on any atom is -0.491 e. The number of amides is 1. The number of ether oxygens (including phenoxy) is 2. The van der Waals surface area contributed by atoms with E-state index in [2.05, 4.69) is 5.32 Å². The van der Waals surface area contributed by atoms with E-state index in [1.807, 2.05) is 6.92 Å². The Labute approximate surface area is 146 Å². The van der Waals surface area contributed by atoms with Gasteiger partial charge >= 0.3 is 5.97 Å². The quantitative estimate of drug-likeness (QED) is 0.754. The second-order valence-electron chi connectivity index (χ2n) is 5.61. The minimum atomic E-state index is -1.03. The maximum absolute atomic E-state index is 12.5. The highest BCUT2D eigenvalue weighted by Gasteiger charge is 2.14. The zero-order valence-corrected chi connectivity index (χ0v) is 14.5. The maximum Gasteiger partial charge on any atom is 0.336 e. The van der Waals surface area contributed by atoms with Gasteiger partial charge in [0.2, 0.25) is 0 Å². The van der Waals surface area contributed by atoms with Crippen molar-refractivity contribution in [1.82, 2.24) is 0 Å². The summed E-state index contributed by atoms with van der Waals surface area (Å²) < 4.78 is 10.4. The molecule has 6 nitrogen and oxygen atoms in total. The van der Waals surface area contributed by atoms with Crippen molar-refractivity contribution in [2.45, 2.75) is 13.8 Å². The predicted molar refractivity (Wildman–Crippen MR) is 94.6 cm³/mol. The molecule has 0 aliphatic heterocycles. The molecule has 2 aromatic carbocycles. The molecule has 25 heavy (non-hydrogen) atoms. The van der Waals surface area contributed by atoms with E-state index < -0.39 is 5.97 Å². The molecule has 6 heteroatoms. The zero-order chi connectivity index (χ0) is 18.4. The number of methoxy groups -OCH3 is 1. The molecule has 1 amide bonds. The number of rotatable bonds is 7. The van der Waals surface area contributed by atoms with Crippen molar-refractivity contribution in [3.05, 3.63) is 58.7 Å². The highest BCUT2D eigenvalue weighted by Crippen LogP contribution is 2.22. The standard InChI is InChI=1S/C19H21NO5/c1-12-9-13(2)17(11-16(12)19(22)23)20-18(21)14-5-4-6-15(10-14)25-8-7-24-3/h4-6,9-11H,7-8H2,1-3H3,(H,20,21)(H,22,23). The van der Waals surface area contributed by atoms with Gasteiger partial charge in [-0.25, -0.2) is 4.79 Å². The molecule has 0 bridgehead atoms. The van der Waals surface area contributed by atoms with Gasteiger partial charge in [0.25, 0.3) is 5.91 Å². The largest absolute Gasteiger partial charge is 0.491 e. The molecule has 0 spiro atoms. The van der Waals surface area contributed by atoms with Crippen LogP contribution in [0.3, 0.4) is 0 Å². The van der Waals surface area contributed by atoms with Crippen molar-refractivity contribution in [3.8, 4) is 5.75 Å². The third-order valence-corrected chi connectivity index (χ3v) is 3.70. The molecule has 0 aliphatic rings. The SMILES string of the molecule is COCCOc1cccc(C(=O)Nc2cc(C(=O)O)c(C)cc2C)c1. The summed E-state index contributed by atoms with van der Waals surface area (Å²) in [5, 5.41) is 12.0. The normalized spacial score (nSPS) is 10.4. The van der Waals surface area contributed by atoms with Gasteiger partial charge in [-0.3, -0.25) is 4.79 Å². The van der Waals surface area contributed by atoms with E-state index in [1.165, 1.54) is 6.07 Å². The van der Waals surface area contributed by atoms with Crippen molar-refractivity contribution >= 4 is 17.6 Å². The van der Waals surface area contributed by atoms with Crippen molar-refractivity contribution in [3.63, 3.8) is 0 Å². The number of carbonyl (C=O) groups excluding carboxylic acids is 1. The van der Waals surface area contributed by atoms with Gasteiger partial charge in [0.1, 0.15) is 12.4 Å². The molecular weight excluding hydrogens is 322 g/mol. The molecule has 0 atom stereocenters.